The van der Waals surface area contributed by atoms with E-state index in [2.05, 4.69) is 0 Å². The molecule has 84 valence electrons. The Hall–Kier alpha value is -0.570. The van der Waals surface area contributed by atoms with Gasteiger partial charge in [0.15, 0.2) is 0 Å². The normalized spacial score (nSPS) is 11.7. The lowest BCUT2D eigenvalue weighted by Gasteiger charge is -2.28. The summed E-state index contributed by atoms with van der Waals surface area (Å²) in [6.07, 6.45) is 1.33. The van der Waals surface area contributed by atoms with Gasteiger partial charge < -0.3 is 10.2 Å². The predicted molar refractivity (Wildman–Crippen MR) is 62.1 cm³/mol. The Morgan fingerprint density at radius 3 is 2.27 bits per heavy atom. The molecule has 0 radical (unpaired) electrons. The Bertz CT molecular complexity index is 300. The van der Waals surface area contributed by atoms with Gasteiger partial charge >= 0.3 is 0 Å². The van der Waals surface area contributed by atoms with Crippen molar-refractivity contribution < 1.29 is 10.2 Å². The summed E-state index contributed by atoms with van der Waals surface area (Å²) in [4.78, 5) is 0. The molecule has 2 nitrogen and oxygen atoms in total. The van der Waals surface area contributed by atoms with Crippen molar-refractivity contribution in [3.63, 3.8) is 0 Å². The van der Waals surface area contributed by atoms with Gasteiger partial charge in [0, 0.05) is 10.4 Å². The highest BCUT2D eigenvalue weighted by Gasteiger charge is 2.27. The van der Waals surface area contributed by atoms with E-state index in [4.69, 9.17) is 11.6 Å². The average molecular weight is 229 g/mol. The molecular formula is C12H17ClO2. The molecule has 0 aliphatic carbocycles. The van der Waals surface area contributed by atoms with Crippen LogP contribution in [0.2, 0.25) is 5.02 Å². The number of rotatable bonds is 5. The van der Waals surface area contributed by atoms with Gasteiger partial charge in [0.05, 0.1) is 13.2 Å². The zero-order valence-corrected chi connectivity index (χ0v) is 9.67. The molecule has 0 spiro atoms. The van der Waals surface area contributed by atoms with Gasteiger partial charge in [-0.05, 0) is 24.5 Å². The number of hydrogen-bond acceptors (Lipinski definition) is 2. The van der Waals surface area contributed by atoms with Gasteiger partial charge in [-0.2, -0.15) is 0 Å². The van der Waals surface area contributed by atoms with Crippen LogP contribution in [-0.4, -0.2) is 23.4 Å². The maximum Gasteiger partial charge on any atom is 0.0512 e. The minimum absolute atomic E-state index is 0.0226. The molecular weight excluding hydrogens is 212 g/mol. The van der Waals surface area contributed by atoms with Crippen molar-refractivity contribution in [1.82, 2.24) is 0 Å². The minimum Gasteiger partial charge on any atom is -0.396 e. The average Bonchev–Trinajstić information content (AvgIpc) is 2.29. The Morgan fingerprint density at radius 2 is 1.80 bits per heavy atom. The second-order valence-corrected chi connectivity index (χ2v) is 4.35. The molecule has 1 aromatic carbocycles. The summed E-state index contributed by atoms with van der Waals surface area (Å²) in [6.45, 7) is 1.92. The van der Waals surface area contributed by atoms with Gasteiger partial charge in [0.1, 0.15) is 0 Å². The zero-order valence-electron chi connectivity index (χ0n) is 8.91. The molecule has 2 N–H and O–H groups in total. The standard InChI is InChI=1S/C12H17ClO2/c1-2-12(8-14,9-15)7-10-5-3-4-6-11(10)13/h3-6,14-15H,2,7-9H2,1H3. The molecule has 0 atom stereocenters. The van der Waals surface area contributed by atoms with Crippen LogP contribution < -0.4 is 0 Å². The number of benzene rings is 1. The molecule has 0 heterocycles. The fourth-order valence-corrected chi connectivity index (χ4v) is 1.76. The third kappa shape index (κ3) is 2.94. The second kappa shape index (κ2) is 5.50. The van der Waals surface area contributed by atoms with Crippen LogP contribution in [0.25, 0.3) is 0 Å². The van der Waals surface area contributed by atoms with E-state index in [1.165, 1.54) is 0 Å². The van der Waals surface area contributed by atoms with E-state index in [0.717, 1.165) is 12.0 Å². The second-order valence-electron chi connectivity index (χ2n) is 3.94. The highest BCUT2D eigenvalue weighted by Crippen LogP contribution is 2.29. The lowest BCUT2D eigenvalue weighted by atomic mass is 9.81. The summed E-state index contributed by atoms with van der Waals surface area (Å²) in [6, 6.07) is 7.54. The first-order valence-corrected chi connectivity index (χ1v) is 5.50. The Labute approximate surface area is 95.5 Å². The number of aliphatic hydroxyl groups is 2. The van der Waals surface area contributed by atoms with Crippen LogP contribution in [0, 0.1) is 5.41 Å². The summed E-state index contributed by atoms with van der Waals surface area (Å²) in [5.41, 5.74) is 0.523. The zero-order chi connectivity index (χ0) is 11.3. The van der Waals surface area contributed by atoms with Gasteiger partial charge in [0.2, 0.25) is 0 Å². The predicted octanol–water partition coefficient (Wildman–Crippen LogP) is 2.26. The molecule has 0 aliphatic heterocycles. The maximum atomic E-state index is 9.33. The molecule has 0 saturated carbocycles. The third-order valence-corrected chi connectivity index (χ3v) is 3.31. The molecule has 0 aromatic heterocycles. The molecule has 0 amide bonds. The van der Waals surface area contributed by atoms with Gasteiger partial charge in [-0.15, -0.1) is 0 Å². The molecule has 0 unspecified atom stereocenters. The van der Waals surface area contributed by atoms with Crippen molar-refractivity contribution >= 4 is 11.6 Å². The quantitative estimate of drug-likeness (QED) is 0.812. The summed E-state index contributed by atoms with van der Waals surface area (Å²) < 4.78 is 0. The van der Waals surface area contributed by atoms with Gasteiger partial charge in [-0.3, -0.25) is 0 Å². The molecule has 0 aliphatic rings. The monoisotopic (exact) mass is 228 g/mol. The van der Waals surface area contributed by atoms with Crippen molar-refractivity contribution in [2.75, 3.05) is 13.2 Å². The third-order valence-electron chi connectivity index (χ3n) is 2.94. The highest BCUT2D eigenvalue weighted by atomic mass is 35.5. The van der Waals surface area contributed by atoms with Crippen LogP contribution >= 0.6 is 11.6 Å². The summed E-state index contributed by atoms with van der Waals surface area (Å²) >= 11 is 6.04. The molecule has 1 aromatic rings. The van der Waals surface area contributed by atoms with Crippen molar-refractivity contribution in [2.24, 2.45) is 5.41 Å². The van der Waals surface area contributed by atoms with Crippen molar-refractivity contribution in [2.45, 2.75) is 19.8 Å². The van der Waals surface area contributed by atoms with E-state index in [1.807, 2.05) is 31.2 Å². The van der Waals surface area contributed by atoms with Crippen LogP contribution in [0.4, 0.5) is 0 Å². The Kier molecular flexibility index (Phi) is 4.58. The van der Waals surface area contributed by atoms with Crippen molar-refractivity contribution in [3.8, 4) is 0 Å². The van der Waals surface area contributed by atoms with Crippen molar-refractivity contribution in [3.05, 3.63) is 34.9 Å². The SMILES string of the molecule is CCC(CO)(CO)Cc1ccccc1Cl. The first-order chi connectivity index (χ1) is 7.17. The molecule has 1 rings (SSSR count). The fourth-order valence-electron chi connectivity index (χ4n) is 1.56. The van der Waals surface area contributed by atoms with Crippen molar-refractivity contribution in [1.29, 1.82) is 0 Å². The molecule has 0 saturated heterocycles. The van der Waals surface area contributed by atoms with E-state index in [9.17, 15) is 10.2 Å². The molecule has 15 heavy (non-hydrogen) atoms. The Morgan fingerprint density at radius 1 is 1.20 bits per heavy atom. The number of aliphatic hydroxyl groups excluding tert-OH is 2. The summed E-state index contributed by atoms with van der Waals surface area (Å²) in [7, 11) is 0. The Balaban J connectivity index is 2.88. The number of hydrogen-bond donors (Lipinski definition) is 2. The van der Waals surface area contributed by atoms with E-state index in [-0.39, 0.29) is 13.2 Å². The van der Waals surface area contributed by atoms with Gasteiger partial charge in [-0.1, -0.05) is 36.7 Å². The largest absolute Gasteiger partial charge is 0.396 e. The summed E-state index contributed by atoms with van der Waals surface area (Å²) in [5.74, 6) is 0. The van der Waals surface area contributed by atoms with Gasteiger partial charge in [-0.25, -0.2) is 0 Å². The van der Waals surface area contributed by atoms with Crippen LogP contribution in [0.15, 0.2) is 24.3 Å². The van der Waals surface area contributed by atoms with Gasteiger partial charge in [0.25, 0.3) is 0 Å². The molecule has 0 fully saturated rings. The minimum atomic E-state index is -0.453. The topological polar surface area (TPSA) is 40.5 Å². The summed E-state index contributed by atoms with van der Waals surface area (Å²) in [5, 5.41) is 19.3. The van der Waals surface area contributed by atoms with E-state index in [1.54, 1.807) is 0 Å². The lowest BCUT2D eigenvalue weighted by Crippen LogP contribution is -2.31. The van der Waals surface area contributed by atoms with Crippen LogP contribution in [-0.2, 0) is 6.42 Å². The van der Waals surface area contributed by atoms with E-state index < -0.39 is 5.41 Å². The fraction of sp³-hybridized carbons (Fsp3) is 0.500. The maximum absolute atomic E-state index is 9.33. The van der Waals surface area contributed by atoms with Crippen LogP contribution in [0.3, 0.4) is 0 Å². The molecule has 3 heteroatoms. The number of halogens is 1. The van der Waals surface area contributed by atoms with Crippen LogP contribution in [0.1, 0.15) is 18.9 Å². The molecule has 0 bridgehead atoms. The van der Waals surface area contributed by atoms with Crippen LogP contribution in [0.5, 0.6) is 0 Å². The first kappa shape index (κ1) is 12.5. The lowest BCUT2D eigenvalue weighted by molar-refractivity contribution is 0.0514. The van der Waals surface area contributed by atoms with E-state index in [0.29, 0.717) is 11.4 Å². The van der Waals surface area contributed by atoms with E-state index >= 15 is 0 Å². The highest BCUT2D eigenvalue weighted by molar-refractivity contribution is 6.31. The smallest absolute Gasteiger partial charge is 0.0512 e. The first-order valence-electron chi connectivity index (χ1n) is 5.12.